The molecule has 11 heteroatoms. The molecule has 4 aliphatic carbocycles. The monoisotopic (exact) mass is 784 g/mol. The zero-order valence-electron chi connectivity index (χ0n) is 33.2. The molecule has 8 unspecified atom stereocenters. The summed E-state index contributed by atoms with van der Waals surface area (Å²) >= 11 is 0. The molecule has 2 aliphatic heterocycles. The van der Waals surface area contributed by atoms with Crippen LogP contribution in [0.1, 0.15) is 106 Å². The molecule has 0 saturated heterocycles. The minimum absolute atomic E-state index is 0.121. The lowest BCUT2D eigenvalue weighted by molar-refractivity contribution is -0.187. The predicted octanol–water partition coefficient (Wildman–Crippen LogP) is 7.46. The topological polar surface area (TPSA) is 140 Å². The molecule has 4 aromatic rings. The Labute approximate surface area is 336 Å². The van der Waals surface area contributed by atoms with Crippen LogP contribution in [0.25, 0.3) is 22.3 Å². The van der Waals surface area contributed by atoms with E-state index >= 15 is 0 Å². The second-order valence-electron chi connectivity index (χ2n) is 18.3. The van der Waals surface area contributed by atoms with Crippen LogP contribution in [0.3, 0.4) is 0 Å². The fourth-order valence-corrected chi connectivity index (χ4v) is 12.2. The fraction of sp³-hybridized carbons (Fsp3) is 0.489. The molecule has 8 atom stereocenters. The molecule has 2 aromatic heterocycles. The van der Waals surface area contributed by atoms with Gasteiger partial charge in [-0.05, 0) is 130 Å². The molecule has 0 bridgehead atoms. The number of para-hydroxylation sites is 1. The lowest BCUT2D eigenvalue weighted by Crippen LogP contribution is -2.54. The molecule has 10 rings (SSSR count). The number of fused-ring (bicyclic) bond motifs is 10. The number of hydrogen-bond acceptors (Lipinski definition) is 10. The maximum Gasteiger partial charge on any atom is 0.355 e. The van der Waals surface area contributed by atoms with E-state index < -0.39 is 24.1 Å². The summed E-state index contributed by atoms with van der Waals surface area (Å²) < 4.78 is 24.6. The maximum absolute atomic E-state index is 13.7. The number of cyclic esters (lactones) is 1. The van der Waals surface area contributed by atoms with Crippen LogP contribution in [0.4, 0.5) is 0 Å². The molecule has 4 heterocycles. The van der Waals surface area contributed by atoms with Crippen LogP contribution in [0.15, 0.2) is 65.5 Å². The van der Waals surface area contributed by atoms with Gasteiger partial charge in [0.05, 0.1) is 34.6 Å². The third-order valence-electron chi connectivity index (χ3n) is 15.4. The Morgan fingerprint density at radius 3 is 2.55 bits per heavy atom. The number of hydrogen-bond donors (Lipinski definition) is 0. The van der Waals surface area contributed by atoms with E-state index in [0.717, 1.165) is 74.3 Å². The third-order valence-corrected chi connectivity index (χ3v) is 15.4. The van der Waals surface area contributed by atoms with Gasteiger partial charge in [-0.1, -0.05) is 32.0 Å². The standard InChI is InChI=1S/C47H48N2O9/c1-45-18-16-31(21-29(45)10-13-32-34-14-15-39(50)46(34,2)19-17-35(32)45)57-43(53)26-8-11-30(12-9-26)55-25-40(51)58-47(3)36-22-38-41-28(20-27-6-4-5-7-37(27)48-41)23-49(38)42(52)33(36)24-56-44(47)54/h4-9,11-12,20,22,29,31-32,34-35H,10,13-19,21,23-25H2,1-3H3. The molecule has 11 nitrogen and oxygen atoms in total. The number of carbonyl (C=O) groups excluding carboxylic acids is 4. The van der Waals surface area contributed by atoms with Gasteiger partial charge in [0.15, 0.2) is 6.61 Å². The van der Waals surface area contributed by atoms with E-state index in [4.69, 9.17) is 23.9 Å². The summed E-state index contributed by atoms with van der Waals surface area (Å²) in [6.07, 6.45) is 8.81. The molecule has 4 saturated carbocycles. The molecule has 2 aromatic carbocycles. The van der Waals surface area contributed by atoms with Gasteiger partial charge in [-0.25, -0.2) is 19.4 Å². The van der Waals surface area contributed by atoms with Crippen LogP contribution in [-0.4, -0.2) is 46.0 Å². The maximum atomic E-state index is 13.7. The first kappa shape index (κ1) is 37.0. The highest BCUT2D eigenvalue weighted by molar-refractivity contribution is 5.90. The fourth-order valence-electron chi connectivity index (χ4n) is 12.2. The Morgan fingerprint density at radius 1 is 0.914 bits per heavy atom. The van der Waals surface area contributed by atoms with Crippen molar-refractivity contribution in [2.75, 3.05) is 6.61 Å². The number of carbonyl (C=O) groups is 4. The molecule has 58 heavy (non-hydrogen) atoms. The van der Waals surface area contributed by atoms with Crippen molar-refractivity contribution in [3.05, 3.63) is 93.3 Å². The van der Waals surface area contributed by atoms with Crippen molar-refractivity contribution in [1.29, 1.82) is 0 Å². The Morgan fingerprint density at radius 2 is 1.72 bits per heavy atom. The van der Waals surface area contributed by atoms with Crippen LogP contribution in [0, 0.1) is 34.5 Å². The highest BCUT2D eigenvalue weighted by atomic mass is 16.6. The Bertz CT molecular complexity index is 2470. The number of Topliss-reactive ketones (excluding diaryl/α,β-unsaturated/α-hetero) is 1. The quantitative estimate of drug-likeness (QED) is 0.126. The van der Waals surface area contributed by atoms with Crippen molar-refractivity contribution in [2.45, 2.75) is 103 Å². The van der Waals surface area contributed by atoms with Gasteiger partial charge in [0.2, 0.25) is 5.60 Å². The van der Waals surface area contributed by atoms with Gasteiger partial charge in [-0.2, -0.15) is 0 Å². The highest BCUT2D eigenvalue weighted by Gasteiger charge is 2.60. The van der Waals surface area contributed by atoms with Crippen LogP contribution in [0.5, 0.6) is 5.75 Å². The number of esters is 3. The van der Waals surface area contributed by atoms with E-state index in [1.165, 1.54) is 6.92 Å². The van der Waals surface area contributed by atoms with Crippen molar-refractivity contribution >= 4 is 34.6 Å². The average Bonchev–Trinajstić information content (AvgIpc) is 3.73. The summed E-state index contributed by atoms with van der Waals surface area (Å²) in [5.41, 5.74) is 1.62. The van der Waals surface area contributed by atoms with Crippen molar-refractivity contribution in [1.82, 2.24) is 9.55 Å². The first-order valence-electron chi connectivity index (χ1n) is 20.9. The van der Waals surface area contributed by atoms with Crippen molar-refractivity contribution < 1.29 is 38.1 Å². The zero-order valence-corrected chi connectivity index (χ0v) is 33.2. The normalized spacial score (nSPS) is 31.8. The third kappa shape index (κ3) is 5.66. The van der Waals surface area contributed by atoms with E-state index in [9.17, 15) is 24.0 Å². The van der Waals surface area contributed by atoms with Crippen LogP contribution < -0.4 is 10.3 Å². The highest BCUT2D eigenvalue weighted by Crippen LogP contribution is 2.65. The summed E-state index contributed by atoms with van der Waals surface area (Å²) in [4.78, 5) is 71.2. The van der Waals surface area contributed by atoms with Gasteiger partial charge in [0, 0.05) is 28.3 Å². The summed E-state index contributed by atoms with van der Waals surface area (Å²) in [6.45, 7) is 5.69. The van der Waals surface area contributed by atoms with E-state index in [1.807, 2.05) is 30.3 Å². The van der Waals surface area contributed by atoms with E-state index in [2.05, 4.69) is 13.8 Å². The lowest BCUT2D eigenvalue weighted by Gasteiger charge is -2.60. The number of benzene rings is 2. The molecular weight excluding hydrogens is 737 g/mol. The molecule has 4 fully saturated rings. The number of nitrogens with zero attached hydrogens (tertiary/aromatic N) is 2. The second kappa shape index (κ2) is 13.4. The Hall–Kier alpha value is -5.32. The molecular formula is C47H48N2O9. The number of ether oxygens (including phenoxy) is 4. The van der Waals surface area contributed by atoms with E-state index in [1.54, 1.807) is 34.9 Å². The molecule has 0 spiro atoms. The smallest absolute Gasteiger partial charge is 0.355 e. The molecule has 0 radical (unpaired) electrons. The first-order chi connectivity index (χ1) is 27.9. The SMILES string of the molecule is CC1(OC(=O)COc2ccc(C(=O)OC3CCC4(C)C(CCC5C6CCC(=O)C6(C)CCC54)C3)cc2)C(=O)OCc2c1cc1n(c2=O)Cc2cc3ccccc3nc2-1. The largest absolute Gasteiger partial charge is 0.482 e. The predicted molar refractivity (Wildman–Crippen MR) is 212 cm³/mol. The van der Waals surface area contributed by atoms with Crippen LogP contribution >= 0.6 is 0 Å². The summed E-state index contributed by atoms with van der Waals surface area (Å²) in [5, 5.41) is 0.958. The summed E-state index contributed by atoms with van der Waals surface area (Å²) in [6, 6.07) is 17.8. The minimum atomic E-state index is -1.89. The Balaban J connectivity index is 0.769. The minimum Gasteiger partial charge on any atom is -0.482 e. The van der Waals surface area contributed by atoms with Crippen molar-refractivity contribution in [3.8, 4) is 17.1 Å². The van der Waals surface area contributed by atoms with E-state index in [-0.39, 0.29) is 46.2 Å². The Kier molecular flexibility index (Phi) is 8.52. The van der Waals surface area contributed by atoms with Crippen molar-refractivity contribution in [3.63, 3.8) is 0 Å². The lowest BCUT2D eigenvalue weighted by atomic mass is 9.45. The number of pyridine rings is 2. The van der Waals surface area contributed by atoms with Crippen molar-refractivity contribution in [2.24, 2.45) is 34.5 Å². The molecule has 0 N–H and O–H groups in total. The zero-order chi connectivity index (χ0) is 40.1. The van der Waals surface area contributed by atoms with Gasteiger partial charge in [-0.15, -0.1) is 0 Å². The van der Waals surface area contributed by atoms with Gasteiger partial charge >= 0.3 is 17.9 Å². The second-order valence-corrected chi connectivity index (χ2v) is 18.3. The first-order valence-corrected chi connectivity index (χ1v) is 20.9. The van der Waals surface area contributed by atoms with Crippen LogP contribution in [0.2, 0.25) is 0 Å². The van der Waals surface area contributed by atoms with E-state index in [0.29, 0.717) is 58.7 Å². The molecule has 6 aliphatic rings. The van der Waals surface area contributed by atoms with Gasteiger partial charge in [0.25, 0.3) is 5.56 Å². The number of aromatic nitrogens is 2. The van der Waals surface area contributed by atoms with Gasteiger partial charge in [-0.3, -0.25) is 9.59 Å². The average molecular weight is 785 g/mol. The number of ketones is 1. The van der Waals surface area contributed by atoms with Gasteiger partial charge < -0.3 is 23.5 Å². The van der Waals surface area contributed by atoms with Gasteiger partial charge in [0.1, 0.15) is 24.2 Å². The molecule has 0 amide bonds. The molecule has 300 valence electrons. The van der Waals surface area contributed by atoms with Crippen LogP contribution in [-0.2, 0) is 47.3 Å². The summed E-state index contributed by atoms with van der Waals surface area (Å²) in [7, 11) is 0. The summed E-state index contributed by atoms with van der Waals surface area (Å²) in [5.74, 6) is 1.08. The number of rotatable bonds is 6.